The normalized spacial score (nSPS) is 20.7. The van der Waals surface area contributed by atoms with Gasteiger partial charge in [-0.2, -0.15) is 9.40 Å². The SMILES string of the molecule is CCCCNC(=O)[C@@H]1CC[C@@H](C)N(S(=O)(=O)c2n[nH]c(C)c2C(=O)OCC)C1. The minimum atomic E-state index is -4.07. The average Bonchev–Trinajstić information content (AvgIpc) is 3.04. The third-order valence-corrected chi connectivity index (χ3v) is 6.88. The van der Waals surface area contributed by atoms with Gasteiger partial charge >= 0.3 is 5.97 Å². The van der Waals surface area contributed by atoms with Crippen molar-refractivity contribution in [1.82, 2.24) is 19.8 Å². The van der Waals surface area contributed by atoms with E-state index in [9.17, 15) is 18.0 Å². The summed E-state index contributed by atoms with van der Waals surface area (Å²) in [5, 5.41) is 8.97. The van der Waals surface area contributed by atoms with Gasteiger partial charge in [0.05, 0.1) is 12.5 Å². The second kappa shape index (κ2) is 9.51. The van der Waals surface area contributed by atoms with E-state index in [0.717, 1.165) is 12.8 Å². The number of nitrogens with one attached hydrogen (secondary N) is 2. The standard InChI is InChI=1S/C18H30N4O5S/c1-5-7-10-19-16(23)14-9-8-12(3)22(11-14)28(25,26)17-15(13(4)20-21-17)18(24)27-6-2/h12,14H,5-11H2,1-4H3,(H,19,23)(H,20,21)/t12-,14-/m1/s1. The van der Waals surface area contributed by atoms with Gasteiger partial charge in [0.25, 0.3) is 10.0 Å². The lowest BCUT2D eigenvalue weighted by Gasteiger charge is -2.35. The molecule has 1 fully saturated rings. The molecule has 1 aliphatic heterocycles. The van der Waals surface area contributed by atoms with Crippen molar-refractivity contribution in [1.29, 1.82) is 0 Å². The predicted octanol–water partition coefficient (Wildman–Crippen LogP) is 1.60. The zero-order valence-corrected chi connectivity index (χ0v) is 17.8. The monoisotopic (exact) mass is 414 g/mol. The number of carbonyl (C=O) groups is 2. The molecule has 0 unspecified atom stereocenters. The van der Waals surface area contributed by atoms with Crippen LogP contribution >= 0.6 is 0 Å². The molecule has 10 heteroatoms. The maximum atomic E-state index is 13.3. The van der Waals surface area contributed by atoms with Crippen LogP contribution in [0, 0.1) is 12.8 Å². The van der Waals surface area contributed by atoms with E-state index in [-0.39, 0.29) is 35.7 Å². The molecule has 0 saturated carbocycles. The summed E-state index contributed by atoms with van der Waals surface area (Å²) in [5.41, 5.74) is 0.249. The number of aromatic nitrogens is 2. The maximum Gasteiger partial charge on any atom is 0.343 e. The molecular formula is C18H30N4O5S. The molecule has 2 atom stereocenters. The smallest absolute Gasteiger partial charge is 0.343 e. The summed E-state index contributed by atoms with van der Waals surface area (Å²) in [7, 11) is -4.07. The topological polar surface area (TPSA) is 121 Å². The number of hydrogen-bond acceptors (Lipinski definition) is 6. The zero-order valence-electron chi connectivity index (χ0n) is 16.9. The van der Waals surface area contributed by atoms with E-state index in [0.29, 0.717) is 25.1 Å². The number of hydrogen-bond donors (Lipinski definition) is 2. The van der Waals surface area contributed by atoms with E-state index in [2.05, 4.69) is 15.5 Å². The molecule has 0 spiro atoms. The second-order valence-electron chi connectivity index (χ2n) is 7.09. The molecule has 2 rings (SSSR count). The molecule has 0 aromatic carbocycles. The van der Waals surface area contributed by atoms with Gasteiger partial charge in [-0.3, -0.25) is 9.89 Å². The minimum absolute atomic E-state index is 0.0651. The summed E-state index contributed by atoms with van der Waals surface area (Å²) in [5.74, 6) is -1.29. The fourth-order valence-electron chi connectivity index (χ4n) is 3.30. The van der Waals surface area contributed by atoms with Crippen LogP contribution < -0.4 is 5.32 Å². The highest BCUT2D eigenvalue weighted by Gasteiger charge is 2.41. The second-order valence-corrected chi connectivity index (χ2v) is 8.90. The Morgan fingerprint density at radius 1 is 1.32 bits per heavy atom. The summed E-state index contributed by atoms with van der Waals surface area (Å²) >= 11 is 0. The number of unbranched alkanes of at least 4 members (excludes halogenated alkanes) is 1. The van der Waals surface area contributed by atoms with Crippen molar-refractivity contribution in [2.24, 2.45) is 5.92 Å². The Labute approximate surface area is 166 Å². The first kappa shape index (κ1) is 22.4. The van der Waals surface area contributed by atoms with E-state index >= 15 is 0 Å². The number of H-pyrrole nitrogens is 1. The van der Waals surface area contributed by atoms with Crippen molar-refractivity contribution in [2.75, 3.05) is 19.7 Å². The van der Waals surface area contributed by atoms with Crippen molar-refractivity contribution in [3.05, 3.63) is 11.3 Å². The van der Waals surface area contributed by atoms with Crippen molar-refractivity contribution in [3.8, 4) is 0 Å². The number of amides is 1. The molecule has 1 aliphatic rings. The van der Waals surface area contributed by atoms with Crippen LogP contribution in [0.25, 0.3) is 0 Å². The number of nitrogens with zero attached hydrogens (tertiary/aromatic N) is 2. The highest BCUT2D eigenvalue weighted by molar-refractivity contribution is 7.89. The first-order valence-corrected chi connectivity index (χ1v) is 11.2. The number of ether oxygens (including phenoxy) is 1. The Morgan fingerprint density at radius 3 is 2.68 bits per heavy atom. The fraction of sp³-hybridized carbons (Fsp3) is 0.722. The number of carbonyl (C=O) groups excluding carboxylic acids is 2. The molecule has 1 amide bonds. The van der Waals surface area contributed by atoms with E-state index in [4.69, 9.17) is 4.74 Å². The van der Waals surface area contributed by atoms with Crippen LogP contribution in [0.2, 0.25) is 0 Å². The van der Waals surface area contributed by atoms with Crippen molar-refractivity contribution >= 4 is 21.9 Å². The van der Waals surface area contributed by atoms with Crippen LogP contribution in [0.4, 0.5) is 0 Å². The van der Waals surface area contributed by atoms with Gasteiger partial charge in [-0.15, -0.1) is 0 Å². The van der Waals surface area contributed by atoms with Gasteiger partial charge in [0.15, 0.2) is 0 Å². The van der Waals surface area contributed by atoms with Crippen LogP contribution in [0.3, 0.4) is 0 Å². The Morgan fingerprint density at radius 2 is 2.04 bits per heavy atom. The molecule has 1 saturated heterocycles. The van der Waals surface area contributed by atoms with E-state index < -0.39 is 21.9 Å². The van der Waals surface area contributed by atoms with Gasteiger partial charge in [-0.1, -0.05) is 13.3 Å². The average molecular weight is 415 g/mol. The number of esters is 1. The summed E-state index contributed by atoms with van der Waals surface area (Å²) in [6, 6.07) is -0.295. The third-order valence-electron chi connectivity index (χ3n) is 4.97. The van der Waals surface area contributed by atoms with Gasteiger partial charge in [-0.05, 0) is 40.0 Å². The van der Waals surface area contributed by atoms with Crippen LogP contribution in [0.15, 0.2) is 5.03 Å². The lowest BCUT2D eigenvalue weighted by Crippen LogP contribution is -2.49. The van der Waals surface area contributed by atoms with Crippen LogP contribution in [-0.4, -0.2) is 60.5 Å². The summed E-state index contributed by atoms with van der Waals surface area (Å²) in [6.45, 7) is 7.83. The molecule has 9 nitrogen and oxygen atoms in total. The molecule has 1 aromatic heterocycles. The quantitative estimate of drug-likeness (QED) is 0.492. The molecule has 2 N–H and O–H groups in total. The van der Waals surface area contributed by atoms with Gasteiger partial charge in [0.1, 0.15) is 5.56 Å². The fourth-order valence-corrected chi connectivity index (χ4v) is 5.14. The number of piperidine rings is 1. The van der Waals surface area contributed by atoms with Crippen molar-refractivity contribution in [3.63, 3.8) is 0 Å². The van der Waals surface area contributed by atoms with Crippen LogP contribution in [-0.2, 0) is 19.6 Å². The Balaban J connectivity index is 2.27. The molecule has 0 aliphatic carbocycles. The first-order chi connectivity index (χ1) is 13.2. The molecule has 0 radical (unpaired) electrons. The van der Waals surface area contributed by atoms with Crippen LogP contribution in [0.1, 0.15) is 62.5 Å². The maximum absolute atomic E-state index is 13.3. The van der Waals surface area contributed by atoms with E-state index in [1.54, 1.807) is 20.8 Å². The Hall–Kier alpha value is -1.94. The Kier molecular flexibility index (Phi) is 7.59. The van der Waals surface area contributed by atoms with Gasteiger partial charge in [0.2, 0.25) is 10.9 Å². The lowest BCUT2D eigenvalue weighted by atomic mass is 9.94. The molecule has 28 heavy (non-hydrogen) atoms. The minimum Gasteiger partial charge on any atom is -0.462 e. The first-order valence-electron chi connectivity index (χ1n) is 9.75. The molecular weight excluding hydrogens is 384 g/mol. The van der Waals surface area contributed by atoms with Crippen molar-refractivity contribution in [2.45, 2.75) is 64.4 Å². The zero-order chi connectivity index (χ0) is 20.9. The van der Waals surface area contributed by atoms with Gasteiger partial charge in [0, 0.05) is 24.8 Å². The number of aromatic amines is 1. The Bertz CT molecular complexity index is 805. The molecule has 0 bridgehead atoms. The third kappa shape index (κ3) is 4.72. The number of aryl methyl sites for hydroxylation is 1. The summed E-state index contributed by atoms with van der Waals surface area (Å²) < 4.78 is 32.8. The van der Waals surface area contributed by atoms with E-state index in [1.165, 1.54) is 4.31 Å². The largest absolute Gasteiger partial charge is 0.462 e. The van der Waals surface area contributed by atoms with Crippen LogP contribution in [0.5, 0.6) is 0 Å². The summed E-state index contributed by atoms with van der Waals surface area (Å²) in [6.07, 6.45) is 3.03. The van der Waals surface area contributed by atoms with Gasteiger partial charge < -0.3 is 10.1 Å². The molecule has 1 aromatic rings. The highest BCUT2D eigenvalue weighted by atomic mass is 32.2. The number of sulfonamides is 1. The molecule has 158 valence electrons. The highest BCUT2D eigenvalue weighted by Crippen LogP contribution is 2.30. The van der Waals surface area contributed by atoms with Gasteiger partial charge in [-0.25, -0.2) is 13.2 Å². The summed E-state index contributed by atoms with van der Waals surface area (Å²) in [4.78, 5) is 24.7. The van der Waals surface area contributed by atoms with E-state index in [1.807, 2.05) is 6.92 Å². The predicted molar refractivity (Wildman–Crippen MR) is 103 cm³/mol. The van der Waals surface area contributed by atoms with Crippen molar-refractivity contribution < 1.29 is 22.7 Å². The molecule has 2 heterocycles. The number of rotatable bonds is 8. The lowest BCUT2D eigenvalue weighted by molar-refractivity contribution is -0.126.